The molecule has 0 saturated heterocycles. The number of hydrogen-bond acceptors (Lipinski definition) is 4. The van der Waals surface area contributed by atoms with Crippen molar-refractivity contribution < 1.29 is 14.4 Å². The molecule has 1 atom stereocenters. The number of azide groups is 1. The van der Waals surface area contributed by atoms with Gasteiger partial charge in [0.15, 0.2) is 0 Å². The van der Waals surface area contributed by atoms with Gasteiger partial charge in [0.1, 0.15) is 11.0 Å². The second-order valence-electron chi connectivity index (χ2n) is 5.93. The third-order valence-corrected chi connectivity index (χ3v) is 4.37. The van der Waals surface area contributed by atoms with E-state index in [0.29, 0.717) is 16.8 Å². The molecule has 3 rings (SSSR count). The quantitative estimate of drug-likeness (QED) is 0.217. The van der Waals surface area contributed by atoms with E-state index in [-0.39, 0.29) is 17.7 Å². The zero-order valence-corrected chi connectivity index (χ0v) is 16.7. The number of allylic oxidation sites excluding steroid dienone is 6. The molecule has 7 heteroatoms. The molecule has 0 amide bonds. The standard InChI is InChI=1S/C19H18N4O3.C2H6/c1-12-6-4-5-7-14(12)10-18(24)23-17-9-8-15(25-3)11-16(17)13(2)19(23)26-22-21-20;1-2/h4-12H,1-3H3;1-2H3/b14-10+;. The normalized spacial score (nSPS) is 16.3. The fourth-order valence-electron chi connectivity index (χ4n) is 2.96. The van der Waals surface area contributed by atoms with Gasteiger partial charge in [0.05, 0.1) is 12.6 Å². The van der Waals surface area contributed by atoms with Crippen LogP contribution in [0.2, 0.25) is 0 Å². The minimum atomic E-state index is -0.279. The molecule has 28 heavy (non-hydrogen) atoms. The molecule has 0 radical (unpaired) electrons. The Morgan fingerprint density at radius 2 is 2.07 bits per heavy atom. The Balaban J connectivity index is 0.00000136. The van der Waals surface area contributed by atoms with Crippen LogP contribution in [0.3, 0.4) is 0 Å². The van der Waals surface area contributed by atoms with Gasteiger partial charge < -0.3 is 9.57 Å². The molecule has 2 aromatic rings. The van der Waals surface area contributed by atoms with E-state index in [9.17, 15) is 4.79 Å². The lowest BCUT2D eigenvalue weighted by Crippen LogP contribution is -2.11. The zero-order valence-electron chi connectivity index (χ0n) is 16.7. The van der Waals surface area contributed by atoms with E-state index in [4.69, 9.17) is 15.1 Å². The number of aromatic nitrogens is 1. The summed E-state index contributed by atoms with van der Waals surface area (Å²) in [6.07, 6.45) is 9.32. The Morgan fingerprint density at radius 1 is 1.32 bits per heavy atom. The summed E-state index contributed by atoms with van der Waals surface area (Å²) in [5.41, 5.74) is 10.8. The van der Waals surface area contributed by atoms with E-state index >= 15 is 0 Å². The first-order valence-corrected chi connectivity index (χ1v) is 9.08. The molecule has 0 N–H and O–H groups in total. The van der Waals surface area contributed by atoms with Crippen molar-refractivity contribution in [2.75, 3.05) is 7.11 Å². The van der Waals surface area contributed by atoms with Gasteiger partial charge in [-0.1, -0.05) is 45.1 Å². The topological polar surface area (TPSA) is 89.2 Å². The number of carbonyl (C=O) groups is 1. The Labute approximate surface area is 164 Å². The number of nitrogens with zero attached hydrogens (tertiary/aromatic N) is 4. The maximum absolute atomic E-state index is 13.0. The number of fused-ring (bicyclic) bond motifs is 1. The molecule has 0 aliphatic heterocycles. The fourth-order valence-corrected chi connectivity index (χ4v) is 2.96. The minimum absolute atomic E-state index is 0.133. The van der Waals surface area contributed by atoms with Crippen LogP contribution in [-0.2, 0) is 0 Å². The van der Waals surface area contributed by atoms with Crippen LogP contribution in [-0.4, -0.2) is 17.6 Å². The second kappa shape index (κ2) is 9.48. The number of benzene rings is 1. The van der Waals surface area contributed by atoms with Crippen LogP contribution in [0.1, 0.15) is 31.1 Å². The van der Waals surface area contributed by atoms with Gasteiger partial charge in [-0.2, -0.15) is 0 Å². The highest BCUT2D eigenvalue weighted by atomic mass is 16.6. The highest BCUT2D eigenvalue weighted by Gasteiger charge is 2.21. The third-order valence-electron chi connectivity index (χ3n) is 4.37. The SMILES string of the molecule is CC.COc1ccc2c(c1)c(C)c(ON=[N+]=[N-])n2C(=O)/C=C1\C=CC=CC1C. The van der Waals surface area contributed by atoms with Crippen LogP contribution < -0.4 is 9.57 Å². The summed E-state index contributed by atoms with van der Waals surface area (Å²) in [4.78, 5) is 20.8. The monoisotopic (exact) mass is 380 g/mol. The first-order chi connectivity index (χ1) is 13.6. The van der Waals surface area contributed by atoms with Gasteiger partial charge >= 0.3 is 0 Å². The van der Waals surface area contributed by atoms with Gasteiger partial charge in [0.25, 0.3) is 5.91 Å². The summed E-state index contributed by atoms with van der Waals surface area (Å²) in [7, 11) is 1.57. The Hall–Kier alpha value is -3.44. The smallest absolute Gasteiger partial charge is 0.258 e. The van der Waals surface area contributed by atoms with Crippen molar-refractivity contribution in [1.29, 1.82) is 0 Å². The maximum Gasteiger partial charge on any atom is 0.258 e. The summed E-state index contributed by atoms with van der Waals surface area (Å²) in [6, 6.07) is 5.36. The van der Waals surface area contributed by atoms with Gasteiger partial charge in [-0.25, -0.2) is 4.57 Å². The largest absolute Gasteiger partial charge is 0.497 e. The summed E-state index contributed by atoms with van der Waals surface area (Å²) >= 11 is 0. The zero-order chi connectivity index (χ0) is 20.7. The Morgan fingerprint density at radius 3 is 2.71 bits per heavy atom. The Kier molecular flexibility index (Phi) is 7.07. The fraction of sp³-hybridized carbons (Fsp3) is 0.286. The minimum Gasteiger partial charge on any atom is -0.497 e. The molecule has 1 heterocycles. The number of methoxy groups -OCH3 is 1. The molecule has 7 nitrogen and oxygen atoms in total. The lowest BCUT2D eigenvalue weighted by Gasteiger charge is -2.12. The number of carbonyl (C=O) groups excluding carboxylic acids is 1. The third kappa shape index (κ3) is 4.10. The molecule has 1 aliphatic rings. The number of aryl methyl sites for hydroxylation is 1. The van der Waals surface area contributed by atoms with Crippen LogP contribution in [0.25, 0.3) is 21.3 Å². The number of rotatable bonds is 4. The first-order valence-electron chi connectivity index (χ1n) is 9.08. The molecule has 146 valence electrons. The van der Waals surface area contributed by atoms with Crippen LogP contribution in [0.5, 0.6) is 11.6 Å². The maximum atomic E-state index is 13.0. The van der Waals surface area contributed by atoms with Crippen LogP contribution in [0.15, 0.2) is 59.4 Å². The van der Waals surface area contributed by atoms with E-state index in [2.05, 4.69) is 10.2 Å². The predicted octanol–water partition coefficient (Wildman–Crippen LogP) is 5.92. The number of ether oxygens (including phenoxy) is 1. The van der Waals surface area contributed by atoms with Crippen molar-refractivity contribution in [3.05, 3.63) is 70.2 Å². The predicted molar refractivity (Wildman–Crippen MR) is 111 cm³/mol. The van der Waals surface area contributed by atoms with Crippen molar-refractivity contribution in [3.63, 3.8) is 0 Å². The second-order valence-corrected chi connectivity index (χ2v) is 5.93. The summed E-state index contributed by atoms with van der Waals surface area (Å²) in [6.45, 7) is 7.81. The van der Waals surface area contributed by atoms with Gasteiger partial charge in [-0.3, -0.25) is 4.79 Å². The molecule has 1 aromatic carbocycles. The Bertz CT molecular complexity index is 1010. The summed E-state index contributed by atoms with van der Waals surface area (Å²) in [5.74, 6) is 0.704. The lowest BCUT2D eigenvalue weighted by molar-refractivity contribution is 0.0960. The van der Waals surface area contributed by atoms with Crippen molar-refractivity contribution in [2.45, 2.75) is 27.7 Å². The molecule has 0 fully saturated rings. The van der Waals surface area contributed by atoms with Crippen molar-refractivity contribution in [1.82, 2.24) is 4.57 Å². The van der Waals surface area contributed by atoms with Crippen molar-refractivity contribution in [3.8, 4) is 11.6 Å². The lowest BCUT2D eigenvalue weighted by atomic mass is 9.96. The van der Waals surface area contributed by atoms with E-state index < -0.39 is 0 Å². The average Bonchev–Trinajstić information content (AvgIpc) is 3.00. The highest BCUT2D eigenvalue weighted by molar-refractivity contribution is 6.02. The van der Waals surface area contributed by atoms with Crippen molar-refractivity contribution >= 4 is 16.8 Å². The molecule has 1 unspecified atom stereocenters. The van der Waals surface area contributed by atoms with E-state index in [0.717, 1.165) is 11.0 Å². The van der Waals surface area contributed by atoms with Crippen LogP contribution in [0.4, 0.5) is 0 Å². The van der Waals surface area contributed by atoms with Gasteiger partial charge in [0, 0.05) is 21.9 Å². The molecular weight excluding hydrogens is 356 g/mol. The molecule has 0 spiro atoms. The molecular formula is C21H24N4O3. The van der Waals surface area contributed by atoms with E-state index in [1.165, 1.54) is 4.57 Å². The van der Waals surface area contributed by atoms with Gasteiger partial charge in [-0.05, 0) is 42.1 Å². The molecule has 0 saturated carbocycles. The van der Waals surface area contributed by atoms with Crippen LogP contribution >= 0.6 is 0 Å². The summed E-state index contributed by atoms with van der Waals surface area (Å²) in [5, 5.41) is 3.96. The van der Waals surface area contributed by atoms with Gasteiger partial charge in [-0.15, -0.1) is 0 Å². The van der Waals surface area contributed by atoms with E-state index in [1.807, 2.05) is 51.1 Å². The molecule has 1 aromatic heterocycles. The molecule has 0 bridgehead atoms. The average molecular weight is 380 g/mol. The summed E-state index contributed by atoms with van der Waals surface area (Å²) < 4.78 is 6.67. The van der Waals surface area contributed by atoms with E-state index in [1.54, 1.807) is 32.2 Å². The number of hydrogen-bond donors (Lipinski definition) is 0. The van der Waals surface area contributed by atoms with Crippen molar-refractivity contribution in [2.24, 2.45) is 11.2 Å². The first kappa shape index (κ1) is 20.9. The highest BCUT2D eigenvalue weighted by Crippen LogP contribution is 2.34. The molecule has 1 aliphatic carbocycles. The van der Waals surface area contributed by atoms with Crippen LogP contribution in [0, 0.1) is 12.8 Å². The van der Waals surface area contributed by atoms with Gasteiger partial charge in [0.2, 0.25) is 5.88 Å².